The first-order valence-electron chi connectivity index (χ1n) is 12.9. The molecule has 38 heavy (non-hydrogen) atoms. The number of ether oxygens (including phenoxy) is 1. The molecule has 196 valence electrons. The van der Waals surface area contributed by atoms with Gasteiger partial charge in [-0.25, -0.2) is 4.79 Å². The topological polar surface area (TPSA) is 82.9 Å². The number of hydrogen-bond acceptors (Lipinski definition) is 5. The van der Waals surface area contributed by atoms with Crippen LogP contribution < -0.4 is 4.74 Å². The molecule has 0 aliphatic carbocycles. The molecule has 3 heterocycles. The van der Waals surface area contributed by atoms with E-state index < -0.39 is 11.6 Å². The highest BCUT2D eigenvalue weighted by Crippen LogP contribution is 2.38. The number of fused-ring (bicyclic) bond motifs is 2. The van der Waals surface area contributed by atoms with E-state index in [1.165, 1.54) is 6.08 Å². The van der Waals surface area contributed by atoms with Gasteiger partial charge in [-0.15, -0.1) is 0 Å². The van der Waals surface area contributed by atoms with Gasteiger partial charge < -0.3 is 19.8 Å². The predicted molar refractivity (Wildman–Crippen MR) is 149 cm³/mol. The number of pyridine rings is 1. The molecule has 0 radical (unpaired) electrons. The van der Waals surface area contributed by atoms with Gasteiger partial charge in [0, 0.05) is 48.1 Å². The third-order valence-electron chi connectivity index (χ3n) is 7.47. The molecule has 0 amide bonds. The second-order valence-corrected chi connectivity index (χ2v) is 10.4. The average molecular weight is 531 g/mol. The second kappa shape index (κ2) is 11.1. The monoisotopic (exact) mass is 530 g/mol. The summed E-state index contributed by atoms with van der Waals surface area (Å²) in [6.45, 7) is 4.66. The van der Waals surface area contributed by atoms with Gasteiger partial charge in [0.05, 0.1) is 11.3 Å². The second-order valence-electron chi connectivity index (χ2n) is 9.95. The van der Waals surface area contributed by atoms with Crippen LogP contribution in [0.1, 0.15) is 54.1 Å². The standard InChI is InChI=1S/C31H31ClN2O4/c1-21(18-30(35)36)22-6-11-29-27(19-22)25(26-4-2-14-33-28(26)20-38-29)5-3-15-34-16-12-31(37,13-17-34)23-7-9-24(32)10-8-23/h2,4-11,14,18-19,37H,3,12-13,15-17,20H2,1H3,(H,35,36)/b21-18+,25-5+. The van der Waals surface area contributed by atoms with Gasteiger partial charge >= 0.3 is 5.97 Å². The molecule has 1 fully saturated rings. The third-order valence-corrected chi connectivity index (χ3v) is 7.72. The minimum absolute atomic E-state index is 0.374. The lowest BCUT2D eigenvalue weighted by molar-refractivity contribution is -0.131. The lowest BCUT2D eigenvalue weighted by Crippen LogP contribution is -2.42. The molecule has 0 spiro atoms. The quantitative estimate of drug-likeness (QED) is 0.385. The Labute approximate surface area is 227 Å². The van der Waals surface area contributed by atoms with Crippen molar-refractivity contribution in [2.24, 2.45) is 0 Å². The number of carboxylic acids is 1. The Kier molecular flexibility index (Phi) is 7.65. The van der Waals surface area contributed by atoms with E-state index in [1.807, 2.05) is 48.5 Å². The number of halogens is 1. The van der Waals surface area contributed by atoms with Crippen molar-refractivity contribution in [3.63, 3.8) is 0 Å². The fraction of sp³-hybridized carbons (Fsp3) is 0.290. The van der Waals surface area contributed by atoms with Crippen molar-refractivity contribution in [1.82, 2.24) is 9.88 Å². The number of aliphatic hydroxyl groups is 1. The molecule has 0 saturated carbocycles. The molecule has 2 N–H and O–H groups in total. The van der Waals surface area contributed by atoms with Crippen LogP contribution in [-0.4, -0.2) is 45.7 Å². The molecule has 0 bridgehead atoms. The van der Waals surface area contributed by atoms with Crippen molar-refractivity contribution < 1.29 is 19.7 Å². The molecule has 1 aromatic heterocycles. The number of carbonyl (C=O) groups is 1. The Morgan fingerprint density at radius 3 is 2.63 bits per heavy atom. The molecule has 6 nitrogen and oxygen atoms in total. The molecule has 2 aliphatic rings. The SMILES string of the molecule is C/C(=C\C(=O)O)c1ccc2c(c1)/C(=C/CCN1CCC(O)(c3ccc(Cl)cc3)CC1)c1cccnc1CO2. The molecule has 0 atom stereocenters. The van der Waals surface area contributed by atoms with E-state index in [9.17, 15) is 15.0 Å². The van der Waals surface area contributed by atoms with Crippen LogP contribution in [0.2, 0.25) is 5.02 Å². The molecule has 3 aromatic rings. The number of aromatic nitrogens is 1. The smallest absolute Gasteiger partial charge is 0.328 e. The van der Waals surface area contributed by atoms with E-state index >= 15 is 0 Å². The van der Waals surface area contributed by atoms with Crippen molar-refractivity contribution in [3.05, 3.63) is 106 Å². The van der Waals surface area contributed by atoms with E-state index in [-0.39, 0.29) is 0 Å². The maximum atomic E-state index is 11.2. The van der Waals surface area contributed by atoms with Crippen LogP contribution in [0.5, 0.6) is 5.75 Å². The Hall–Kier alpha value is -3.45. The van der Waals surface area contributed by atoms with Gasteiger partial charge in [-0.3, -0.25) is 4.98 Å². The molecular weight excluding hydrogens is 500 g/mol. The van der Waals surface area contributed by atoms with Gasteiger partial charge in [0.15, 0.2) is 0 Å². The zero-order valence-corrected chi connectivity index (χ0v) is 22.1. The maximum absolute atomic E-state index is 11.2. The summed E-state index contributed by atoms with van der Waals surface area (Å²) >= 11 is 6.02. The van der Waals surface area contributed by atoms with E-state index in [0.717, 1.165) is 65.3 Å². The number of likely N-dealkylation sites (tertiary alicyclic amines) is 1. The lowest BCUT2D eigenvalue weighted by Gasteiger charge is -2.38. The van der Waals surface area contributed by atoms with Crippen LogP contribution in [0.3, 0.4) is 0 Å². The summed E-state index contributed by atoms with van der Waals surface area (Å²) in [5.41, 5.74) is 5.50. The number of piperidine rings is 1. The van der Waals surface area contributed by atoms with Crippen molar-refractivity contribution >= 4 is 28.7 Å². The summed E-state index contributed by atoms with van der Waals surface area (Å²) in [4.78, 5) is 18.2. The molecule has 0 unspecified atom stereocenters. The summed E-state index contributed by atoms with van der Waals surface area (Å²) in [5.74, 6) is -0.212. The van der Waals surface area contributed by atoms with E-state index in [4.69, 9.17) is 16.3 Å². The van der Waals surface area contributed by atoms with Crippen LogP contribution in [0.25, 0.3) is 11.1 Å². The average Bonchev–Trinajstić information content (AvgIpc) is 3.06. The fourth-order valence-electron chi connectivity index (χ4n) is 5.28. The Bertz CT molecular complexity index is 1390. The number of nitrogens with zero attached hydrogens (tertiary/aromatic N) is 2. The van der Waals surface area contributed by atoms with E-state index in [2.05, 4.69) is 22.0 Å². The Morgan fingerprint density at radius 2 is 1.89 bits per heavy atom. The first-order valence-corrected chi connectivity index (χ1v) is 13.2. The van der Waals surface area contributed by atoms with Gasteiger partial charge in [0.25, 0.3) is 0 Å². The minimum Gasteiger partial charge on any atom is -0.487 e. The zero-order valence-electron chi connectivity index (χ0n) is 21.4. The predicted octanol–water partition coefficient (Wildman–Crippen LogP) is 5.92. The van der Waals surface area contributed by atoms with Crippen molar-refractivity contribution in [2.75, 3.05) is 19.6 Å². The molecule has 2 aromatic carbocycles. The highest BCUT2D eigenvalue weighted by Gasteiger charge is 2.33. The Morgan fingerprint density at radius 1 is 1.13 bits per heavy atom. The first kappa shape index (κ1) is 26.2. The van der Waals surface area contributed by atoms with Gasteiger partial charge in [-0.05, 0) is 78.8 Å². The van der Waals surface area contributed by atoms with E-state index in [1.54, 1.807) is 13.1 Å². The minimum atomic E-state index is -0.969. The van der Waals surface area contributed by atoms with Gasteiger partial charge in [0.2, 0.25) is 0 Å². The first-order chi connectivity index (χ1) is 18.3. The zero-order chi connectivity index (χ0) is 26.7. The van der Waals surface area contributed by atoms with Crippen LogP contribution in [0, 0.1) is 0 Å². The molecule has 2 aliphatic heterocycles. The number of aliphatic carboxylic acids is 1. The number of benzene rings is 2. The van der Waals surface area contributed by atoms with Crippen molar-refractivity contribution in [1.29, 1.82) is 0 Å². The fourth-order valence-corrected chi connectivity index (χ4v) is 5.40. The highest BCUT2D eigenvalue weighted by molar-refractivity contribution is 6.30. The molecule has 5 rings (SSSR count). The largest absolute Gasteiger partial charge is 0.487 e. The Balaban J connectivity index is 1.36. The van der Waals surface area contributed by atoms with E-state index in [0.29, 0.717) is 30.0 Å². The summed E-state index contributed by atoms with van der Waals surface area (Å²) in [7, 11) is 0. The summed E-state index contributed by atoms with van der Waals surface area (Å²) in [6, 6.07) is 17.3. The highest BCUT2D eigenvalue weighted by atomic mass is 35.5. The van der Waals surface area contributed by atoms with Gasteiger partial charge in [-0.2, -0.15) is 0 Å². The van der Waals surface area contributed by atoms with Crippen molar-refractivity contribution in [3.8, 4) is 5.75 Å². The summed E-state index contributed by atoms with van der Waals surface area (Å²) in [5, 5.41) is 21.1. The van der Waals surface area contributed by atoms with Crippen LogP contribution >= 0.6 is 11.6 Å². The van der Waals surface area contributed by atoms with Crippen LogP contribution in [0.4, 0.5) is 0 Å². The number of hydrogen-bond donors (Lipinski definition) is 2. The maximum Gasteiger partial charge on any atom is 0.328 e. The number of rotatable bonds is 6. The van der Waals surface area contributed by atoms with Gasteiger partial charge in [0.1, 0.15) is 12.4 Å². The molecule has 1 saturated heterocycles. The normalized spacial score (nSPS) is 18.3. The van der Waals surface area contributed by atoms with Gasteiger partial charge in [-0.1, -0.05) is 41.9 Å². The summed E-state index contributed by atoms with van der Waals surface area (Å²) < 4.78 is 6.10. The lowest BCUT2D eigenvalue weighted by atomic mass is 9.84. The van der Waals surface area contributed by atoms with Crippen molar-refractivity contribution in [2.45, 2.75) is 38.4 Å². The number of allylic oxidation sites excluding steroid dienone is 1. The van der Waals surface area contributed by atoms with Crippen LogP contribution in [-0.2, 0) is 17.0 Å². The van der Waals surface area contributed by atoms with Crippen LogP contribution in [0.15, 0.2) is 72.9 Å². The molecule has 7 heteroatoms. The third kappa shape index (κ3) is 5.68. The number of carboxylic acid groups (broad SMARTS) is 1. The summed E-state index contributed by atoms with van der Waals surface area (Å²) in [6.07, 6.45) is 7.39. The molecular formula is C31H31ClN2O4.